The Hall–Kier alpha value is -1.34. The lowest BCUT2D eigenvalue weighted by atomic mass is 10.0. The molecule has 0 aliphatic carbocycles. The summed E-state index contributed by atoms with van der Waals surface area (Å²) in [5.41, 5.74) is 5.93. The quantitative estimate of drug-likeness (QED) is 0.464. The monoisotopic (exact) mass is 338 g/mol. The van der Waals surface area contributed by atoms with Crippen LogP contribution in [0.15, 0.2) is 17.6 Å². The average molecular weight is 338 g/mol. The molecular weight excluding hydrogens is 312 g/mol. The molecule has 1 aromatic heterocycles. The van der Waals surface area contributed by atoms with Gasteiger partial charge in [-0.15, -0.1) is 0 Å². The van der Waals surface area contributed by atoms with Crippen molar-refractivity contribution >= 4 is 23.5 Å². The summed E-state index contributed by atoms with van der Waals surface area (Å²) in [6.45, 7) is 2.67. The lowest BCUT2D eigenvalue weighted by Crippen LogP contribution is -2.50. The van der Waals surface area contributed by atoms with Gasteiger partial charge < -0.3 is 15.2 Å². The molecule has 0 aromatic carbocycles. The van der Waals surface area contributed by atoms with Crippen LogP contribution in [-0.4, -0.2) is 50.5 Å². The average Bonchev–Trinajstić information content (AvgIpc) is 2.95. The van der Waals surface area contributed by atoms with Gasteiger partial charge in [0.1, 0.15) is 0 Å². The van der Waals surface area contributed by atoms with E-state index in [0.717, 1.165) is 36.6 Å². The van der Waals surface area contributed by atoms with E-state index in [9.17, 15) is 9.59 Å². The number of imidazole rings is 1. The van der Waals surface area contributed by atoms with E-state index in [4.69, 9.17) is 5.73 Å². The van der Waals surface area contributed by atoms with Gasteiger partial charge in [0.05, 0.1) is 6.04 Å². The highest BCUT2D eigenvalue weighted by molar-refractivity contribution is 7.99. The van der Waals surface area contributed by atoms with E-state index in [1.807, 2.05) is 24.7 Å². The molecule has 0 spiro atoms. The predicted molar refractivity (Wildman–Crippen MR) is 91.2 cm³/mol. The topological polar surface area (TPSA) is 81.2 Å². The molecular formula is C16H26N4O2S. The molecule has 2 heterocycles. The summed E-state index contributed by atoms with van der Waals surface area (Å²) in [4.78, 5) is 30.4. The molecule has 0 saturated carbocycles. The first-order valence-corrected chi connectivity index (χ1v) is 9.19. The molecule has 1 fully saturated rings. The first-order chi connectivity index (χ1) is 11.0. The Morgan fingerprint density at radius 2 is 2.26 bits per heavy atom. The fourth-order valence-corrected chi connectivity index (χ4v) is 3.68. The lowest BCUT2D eigenvalue weighted by molar-refractivity contribution is -0.147. The molecule has 1 saturated heterocycles. The minimum Gasteiger partial charge on any atom is -0.333 e. The van der Waals surface area contributed by atoms with Crippen molar-refractivity contribution in [3.8, 4) is 0 Å². The molecule has 1 amide bonds. The Balaban J connectivity index is 1.73. The Morgan fingerprint density at radius 3 is 2.91 bits per heavy atom. The molecule has 2 atom stereocenters. The SMILES string of the molecule is CC1CCCCN1C(=O)C(=O)[C@@H](N)CCCSc1nccn1C. The number of rotatable bonds is 7. The first kappa shape index (κ1) is 18.0. The molecule has 1 unspecified atom stereocenters. The molecule has 23 heavy (non-hydrogen) atoms. The number of aryl methyl sites for hydroxylation is 1. The van der Waals surface area contributed by atoms with Crippen molar-refractivity contribution in [1.29, 1.82) is 0 Å². The second-order valence-electron chi connectivity index (χ2n) is 6.13. The van der Waals surface area contributed by atoms with Crippen molar-refractivity contribution < 1.29 is 9.59 Å². The second kappa shape index (κ2) is 8.49. The highest BCUT2D eigenvalue weighted by Crippen LogP contribution is 2.18. The molecule has 128 valence electrons. The summed E-state index contributed by atoms with van der Waals surface area (Å²) < 4.78 is 1.96. The molecule has 1 aliphatic rings. The number of carbonyl (C=O) groups excluding carboxylic acids is 2. The van der Waals surface area contributed by atoms with Gasteiger partial charge in [-0.3, -0.25) is 9.59 Å². The number of ketones is 1. The Morgan fingerprint density at radius 1 is 1.48 bits per heavy atom. The molecule has 1 aromatic rings. The number of thioether (sulfide) groups is 1. The van der Waals surface area contributed by atoms with Crippen LogP contribution in [0.3, 0.4) is 0 Å². The fraction of sp³-hybridized carbons (Fsp3) is 0.688. The van der Waals surface area contributed by atoms with Gasteiger partial charge in [0.2, 0.25) is 5.78 Å². The van der Waals surface area contributed by atoms with Crippen molar-refractivity contribution in [2.75, 3.05) is 12.3 Å². The number of amides is 1. The third-order valence-electron chi connectivity index (χ3n) is 4.28. The highest BCUT2D eigenvalue weighted by atomic mass is 32.2. The third-order valence-corrected chi connectivity index (χ3v) is 5.42. The highest BCUT2D eigenvalue weighted by Gasteiger charge is 2.30. The maximum Gasteiger partial charge on any atom is 0.291 e. The van der Waals surface area contributed by atoms with E-state index in [0.29, 0.717) is 13.0 Å². The van der Waals surface area contributed by atoms with Crippen LogP contribution in [0.4, 0.5) is 0 Å². The zero-order valence-corrected chi connectivity index (χ0v) is 14.7. The predicted octanol–water partition coefficient (Wildman–Crippen LogP) is 1.59. The summed E-state index contributed by atoms with van der Waals surface area (Å²) in [5.74, 6) is -0.0117. The largest absolute Gasteiger partial charge is 0.333 e. The number of carbonyl (C=O) groups is 2. The Bertz CT molecular complexity index is 546. The van der Waals surface area contributed by atoms with Gasteiger partial charge in [-0.05, 0) is 39.0 Å². The number of hydrogen-bond donors (Lipinski definition) is 1. The van der Waals surface area contributed by atoms with Gasteiger partial charge >= 0.3 is 0 Å². The number of piperidine rings is 1. The third kappa shape index (κ3) is 4.81. The molecule has 2 N–H and O–H groups in total. The fourth-order valence-electron chi connectivity index (χ4n) is 2.79. The normalized spacial score (nSPS) is 19.6. The summed E-state index contributed by atoms with van der Waals surface area (Å²) >= 11 is 1.63. The molecule has 6 nitrogen and oxygen atoms in total. The van der Waals surface area contributed by atoms with Crippen LogP contribution in [0.25, 0.3) is 0 Å². The van der Waals surface area contributed by atoms with E-state index in [-0.39, 0.29) is 6.04 Å². The van der Waals surface area contributed by atoms with Gasteiger partial charge in [-0.25, -0.2) is 4.98 Å². The van der Waals surface area contributed by atoms with E-state index < -0.39 is 17.7 Å². The summed E-state index contributed by atoms with van der Waals surface area (Å²) in [6, 6.07) is -0.551. The Kier molecular flexibility index (Phi) is 6.65. The summed E-state index contributed by atoms with van der Waals surface area (Å²) in [5, 5.41) is 0.947. The standard InChI is InChI=1S/C16H26N4O2S/c1-12-6-3-4-9-20(12)15(22)14(21)13(17)7-5-11-23-16-18-8-10-19(16)2/h8,10,12-13H,3-7,9,11,17H2,1-2H3/t12?,13-/m0/s1. The van der Waals surface area contributed by atoms with Crippen LogP contribution in [0.2, 0.25) is 0 Å². The van der Waals surface area contributed by atoms with Crippen LogP contribution >= 0.6 is 11.8 Å². The van der Waals surface area contributed by atoms with Gasteiger partial charge in [0.15, 0.2) is 5.16 Å². The van der Waals surface area contributed by atoms with Gasteiger partial charge in [0, 0.05) is 37.8 Å². The Labute approximate surface area is 141 Å². The van der Waals surface area contributed by atoms with Crippen LogP contribution in [0.5, 0.6) is 0 Å². The van der Waals surface area contributed by atoms with Crippen LogP contribution in [0, 0.1) is 0 Å². The van der Waals surface area contributed by atoms with E-state index in [1.54, 1.807) is 22.9 Å². The smallest absolute Gasteiger partial charge is 0.291 e. The minimum atomic E-state index is -0.696. The van der Waals surface area contributed by atoms with E-state index in [2.05, 4.69) is 4.98 Å². The zero-order valence-electron chi connectivity index (χ0n) is 13.9. The maximum absolute atomic E-state index is 12.3. The van der Waals surface area contributed by atoms with Gasteiger partial charge in [-0.1, -0.05) is 11.8 Å². The first-order valence-electron chi connectivity index (χ1n) is 8.21. The van der Waals surface area contributed by atoms with Gasteiger partial charge in [0.25, 0.3) is 5.91 Å². The molecule has 1 aliphatic heterocycles. The number of nitrogens with two attached hydrogens (primary N) is 1. The van der Waals surface area contributed by atoms with E-state index in [1.165, 1.54) is 0 Å². The van der Waals surface area contributed by atoms with Crippen molar-refractivity contribution in [3.63, 3.8) is 0 Å². The van der Waals surface area contributed by atoms with Crippen molar-refractivity contribution in [3.05, 3.63) is 12.4 Å². The number of aromatic nitrogens is 2. The maximum atomic E-state index is 12.3. The van der Waals surface area contributed by atoms with Crippen molar-refractivity contribution in [2.45, 2.75) is 56.3 Å². The number of Topliss-reactive ketones (excluding diaryl/α,β-unsaturated/α-hetero) is 1. The molecule has 2 rings (SSSR count). The van der Waals surface area contributed by atoms with Crippen LogP contribution in [-0.2, 0) is 16.6 Å². The van der Waals surface area contributed by atoms with Crippen LogP contribution < -0.4 is 5.73 Å². The molecule has 0 bridgehead atoms. The summed E-state index contributed by atoms with van der Waals surface area (Å²) in [7, 11) is 1.95. The van der Waals surface area contributed by atoms with Crippen molar-refractivity contribution in [1.82, 2.24) is 14.5 Å². The number of hydrogen-bond acceptors (Lipinski definition) is 5. The molecule has 0 radical (unpaired) electrons. The second-order valence-corrected chi connectivity index (χ2v) is 7.19. The minimum absolute atomic E-state index is 0.145. The number of nitrogens with zero attached hydrogens (tertiary/aromatic N) is 3. The zero-order chi connectivity index (χ0) is 16.8. The van der Waals surface area contributed by atoms with Gasteiger partial charge in [-0.2, -0.15) is 0 Å². The van der Waals surface area contributed by atoms with Crippen LogP contribution in [0.1, 0.15) is 39.0 Å². The summed E-state index contributed by atoms with van der Waals surface area (Å²) in [6.07, 6.45) is 8.03. The lowest BCUT2D eigenvalue weighted by Gasteiger charge is -2.33. The number of likely N-dealkylation sites (tertiary alicyclic amines) is 1. The molecule has 7 heteroatoms. The van der Waals surface area contributed by atoms with Crippen molar-refractivity contribution in [2.24, 2.45) is 12.8 Å². The van der Waals surface area contributed by atoms with E-state index >= 15 is 0 Å².